The molecule has 1 aromatic carbocycles. The number of hydrogen-bond donors (Lipinski definition) is 1. The Labute approximate surface area is 78.9 Å². The average molecular weight is 175 g/mol. The van der Waals surface area contributed by atoms with E-state index in [-0.39, 0.29) is 0 Å². The zero-order chi connectivity index (χ0) is 9.52. The van der Waals surface area contributed by atoms with Crippen LogP contribution in [0.1, 0.15) is 5.56 Å². The summed E-state index contributed by atoms with van der Waals surface area (Å²) < 4.78 is 5.18. The predicted molar refractivity (Wildman–Crippen MR) is 53.5 cm³/mol. The SMILES string of the molecule is C#CCNCc1ccccc1OC. The van der Waals surface area contributed by atoms with Gasteiger partial charge in [0.25, 0.3) is 0 Å². The fourth-order valence-electron chi connectivity index (χ4n) is 1.12. The largest absolute Gasteiger partial charge is 0.496 e. The third kappa shape index (κ3) is 2.81. The van der Waals surface area contributed by atoms with Crippen LogP contribution in [0.4, 0.5) is 0 Å². The molecule has 0 saturated carbocycles. The van der Waals surface area contributed by atoms with Gasteiger partial charge in [0.2, 0.25) is 0 Å². The Bertz CT molecular complexity index is 301. The first-order valence-corrected chi connectivity index (χ1v) is 4.14. The molecule has 13 heavy (non-hydrogen) atoms. The van der Waals surface area contributed by atoms with Crippen LogP contribution in [0.25, 0.3) is 0 Å². The molecule has 0 bridgehead atoms. The molecule has 68 valence electrons. The van der Waals surface area contributed by atoms with Crippen LogP contribution in [0.2, 0.25) is 0 Å². The molecule has 0 aliphatic heterocycles. The van der Waals surface area contributed by atoms with Gasteiger partial charge < -0.3 is 10.1 Å². The van der Waals surface area contributed by atoms with E-state index in [0.717, 1.165) is 17.9 Å². The monoisotopic (exact) mass is 175 g/mol. The third-order valence-corrected chi connectivity index (χ3v) is 1.74. The Kier molecular flexibility index (Phi) is 3.87. The number of terminal acetylenes is 1. The Morgan fingerprint density at radius 1 is 1.46 bits per heavy atom. The van der Waals surface area contributed by atoms with Gasteiger partial charge >= 0.3 is 0 Å². The number of methoxy groups -OCH3 is 1. The summed E-state index contributed by atoms with van der Waals surface area (Å²) in [6.07, 6.45) is 5.12. The van der Waals surface area contributed by atoms with Gasteiger partial charge in [-0.05, 0) is 6.07 Å². The maximum Gasteiger partial charge on any atom is 0.123 e. The number of hydrogen-bond acceptors (Lipinski definition) is 2. The molecule has 0 aromatic heterocycles. The van der Waals surface area contributed by atoms with E-state index in [4.69, 9.17) is 11.2 Å². The van der Waals surface area contributed by atoms with Crippen LogP contribution in [0.15, 0.2) is 24.3 Å². The smallest absolute Gasteiger partial charge is 0.123 e. The van der Waals surface area contributed by atoms with E-state index in [1.165, 1.54) is 0 Å². The topological polar surface area (TPSA) is 21.3 Å². The van der Waals surface area contributed by atoms with E-state index >= 15 is 0 Å². The minimum absolute atomic E-state index is 0.581. The molecule has 2 heteroatoms. The van der Waals surface area contributed by atoms with Crippen LogP contribution in [0.5, 0.6) is 5.75 Å². The van der Waals surface area contributed by atoms with Crippen molar-refractivity contribution < 1.29 is 4.74 Å². The average Bonchev–Trinajstić information content (AvgIpc) is 2.19. The summed E-state index contributed by atoms with van der Waals surface area (Å²) in [4.78, 5) is 0. The van der Waals surface area contributed by atoms with Crippen molar-refractivity contribution in [2.45, 2.75) is 6.54 Å². The molecule has 0 aliphatic rings. The second-order valence-corrected chi connectivity index (χ2v) is 2.62. The normalized spacial score (nSPS) is 9.23. The maximum atomic E-state index is 5.18. The van der Waals surface area contributed by atoms with E-state index < -0.39 is 0 Å². The third-order valence-electron chi connectivity index (χ3n) is 1.74. The molecule has 0 fully saturated rings. The highest BCUT2D eigenvalue weighted by atomic mass is 16.5. The summed E-state index contributed by atoms with van der Waals surface area (Å²) in [6.45, 7) is 1.33. The molecule has 0 heterocycles. The van der Waals surface area contributed by atoms with Crippen molar-refractivity contribution in [2.75, 3.05) is 13.7 Å². The summed E-state index contributed by atoms with van der Waals surface area (Å²) in [7, 11) is 1.67. The summed E-state index contributed by atoms with van der Waals surface area (Å²) in [5, 5.41) is 3.11. The first-order chi connectivity index (χ1) is 6.38. The quantitative estimate of drug-likeness (QED) is 0.552. The number of rotatable bonds is 4. The molecule has 0 aliphatic carbocycles. The summed E-state index contributed by atoms with van der Waals surface area (Å²) in [5.74, 6) is 3.42. The Morgan fingerprint density at radius 2 is 2.23 bits per heavy atom. The van der Waals surface area contributed by atoms with Gasteiger partial charge in [-0.2, -0.15) is 0 Å². The zero-order valence-corrected chi connectivity index (χ0v) is 7.71. The fourth-order valence-corrected chi connectivity index (χ4v) is 1.12. The lowest BCUT2D eigenvalue weighted by Gasteiger charge is -2.07. The molecule has 0 atom stereocenters. The van der Waals surface area contributed by atoms with E-state index in [1.807, 2.05) is 24.3 Å². The van der Waals surface area contributed by atoms with Crippen LogP contribution in [-0.2, 0) is 6.54 Å². The van der Waals surface area contributed by atoms with Gasteiger partial charge in [-0.15, -0.1) is 6.42 Å². The Balaban J connectivity index is 2.60. The van der Waals surface area contributed by atoms with E-state index in [9.17, 15) is 0 Å². The van der Waals surface area contributed by atoms with Gasteiger partial charge in [0.05, 0.1) is 13.7 Å². The molecular weight excluding hydrogens is 162 g/mol. The van der Waals surface area contributed by atoms with Crippen molar-refractivity contribution >= 4 is 0 Å². The van der Waals surface area contributed by atoms with Crippen molar-refractivity contribution in [1.82, 2.24) is 5.32 Å². The van der Waals surface area contributed by atoms with Crippen molar-refractivity contribution in [1.29, 1.82) is 0 Å². The second-order valence-electron chi connectivity index (χ2n) is 2.62. The van der Waals surface area contributed by atoms with Gasteiger partial charge in [0, 0.05) is 12.1 Å². The number of benzene rings is 1. The highest BCUT2D eigenvalue weighted by molar-refractivity contribution is 5.32. The zero-order valence-electron chi connectivity index (χ0n) is 7.71. The lowest BCUT2D eigenvalue weighted by atomic mass is 10.2. The van der Waals surface area contributed by atoms with E-state index in [2.05, 4.69) is 11.2 Å². The Morgan fingerprint density at radius 3 is 2.92 bits per heavy atom. The van der Waals surface area contributed by atoms with Crippen LogP contribution in [0.3, 0.4) is 0 Å². The van der Waals surface area contributed by atoms with Crippen LogP contribution in [-0.4, -0.2) is 13.7 Å². The molecule has 1 N–H and O–H groups in total. The van der Waals surface area contributed by atoms with E-state index in [0.29, 0.717) is 6.54 Å². The Hall–Kier alpha value is -1.46. The molecule has 1 aromatic rings. The number of para-hydroxylation sites is 1. The van der Waals surface area contributed by atoms with Crippen molar-refractivity contribution in [3.05, 3.63) is 29.8 Å². The first-order valence-electron chi connectivity index (χ1n) is 4.14. The molecule has 0 unspecified atom stereocenters. The standard InChI is InChI=1S/C11H13NO/c1-3-8-12-9-10-6-4-5-7-11(10)13-2/h1,4-7,12H,8-9H2,2H3. The molecule has 0 radical (unpaired) electrons. The highest BCUT2D eigenvalue weighted by Gasteiger charge is 1.98. The van der Waals surface area contributed by atoms with E-state index in [1.54, 1.807) is 7.11 Å². The van der Waals surface area contributed by atoms with Gasteiger partial charge in [-0.3, -0.25) is 0 Å². The minimum atomic E-state index is 0.581. The summed E-state index contributed by atoms with van der Waals surface area (Å²) in [5.41, 5.74) is 1.13. The molecule has 2 nitrogen and oxygen atoms in total. The molecule has 0 amide bonds. The van der Waals surface area contributed by atoms with Crippen molar-refractivity contribution in [3.8, 4) is 18.1 Å². The van der Waals surface area contributed by atoms with Gasteiger partial charge in [-0.25, -0.2) is 0 Å². The van der Waals surface area contributed by atoms with Crippen LogP contribution >= 0.6 is 0 Å². The lowest BCUT2D eigenvalue weighted by Crippen LogP contribution is -2.13. The lowest BCUT2D eigenvalue weighted by molar-refractivity contribution is 0.408. The van der Waals surface area contributed by atoms with Gasteiger partial charge in [-0.1, -0.05) is 24.1 Å². The fraction of sp³-hybridized carbons (Fsp3) is 0.273. The first kappa shape index (κ1) is 9.63. The number of ether oxygens (including phenoxy) is 1. The molecule has 1 rings (SSSR count). The van der Waals surface area contributed by atoms with Gasteiger partial charge in [0.1, 0.15) is 5.75 Å². The second kappa shape index (κ2) is 5.23. The molecule has 0 saturated heterocycles. The minimum Gasteiger partial charge on any atom is -0.496 e. The van der Waals surface area contributed by atoms with Crippen molar-refractivity contribution in [3.63, 3.8) is 0 Å². The number of nitrogens with one attached hydrogen (secondary N) is 1. The summed E-state index contributed by atoms with van der Waals surface area (Å²) >= 11 is 0. The summed E-state index contributed by atoms with van der Waals surface area (Å²) in [6, 6.07) is 7.88. The molecule has 0 spiro atoms. The highest BCUT2D eigenvalue weighted by Crippen LogP contribution is 2.16. The van der Waals surface area contributed by atoms with Gasteiger partial charge in [0.15, 0.2) is 0 Å². The maximum absolute atomic E-state index is 5.18. The van der Waals surface area contributed by atoms with Crippen molar-refractivity contribution in [2.24, 2.45) is 0 Å². The predicted octanol–water partition coefficient (Wildman–Crippen LogP) is 1.42. The van der Waals surface area contributed by atoms with Crippen LogP contribution in [0, 0.1) is 12.3 Å². The van der Waals surface area contributed by atoms with Crippen LogP contribution < -0.4 is 10.1 Å². The molecular formula is C11H13NO.